The van der Waals surface area contributed by atoms with E-state index < -0.39 is 0 Å². The van der Waals surface area contributed by atoms with E-state index in [9.17, 15) is 0 Å². The van der Waals surface area contributed by atoms with E-state index in [0.29, 0.717) is 16.1 Å². The molecule has 2 aromatic rings. The molecule has 1 saturated heterocycles. The molecule has 7 nitrogen and oxygen atoms in total. The average Bonchev–Trinajstić information content (AvgIpc) is 2.62. The SMILES string of the molecule is COc1cc2nc(Br)c(NCCN3CCN(C)CC3)nc2cc1OC. The van der Waals surface area contributed by atoms with Crippen LogP contribution < -0.4 is 14.8 Å². The van der Waals surface area contributed by atoms with Crippen molar-refractivity contribution in [3.8, 4) is 11.5 Å². The average molecular weight is 410 g/mol. The Balaban J connectivity index is 1.69. The minimum Gasteiger partial charge on any atom is -0.493 e. The van der Waals surface area contributed by atoms with E-state index >= 15 is 0 Å². The Hall–Kier alpha value is -1.64. The van der Waals surface area contributed by atoms with Gasteiger partial charge in [0, 0.05) is 51.4 Å². The zero-order valence-electron chi connectivity index (χ0n) is 14.9. The summed E-state index contributed by atoms with van der Waals surface area (Å²) in [6.07, 6.45) is 0. The fraction of sp³-hybridized carbons (Fsp3) is 0.529. The quantitative estimate of drug-likeness (QED) is 0.782. The summed E-state index contributed by atoms with van der Waals surface area (Å²) in [4.78, 5) is 14.1. The number of aromatic nitrogens is 2. The molecule has 0 radical (unpaired) electrons. The van der Waals surface area contributed by atoms with Crippen LogP contribution in [0.5, 0.6) is 11.5 Å². The third kappa shape index (κ3) is 4.31. The van der Waals surface area contributed by atoms with Crippen molar-refractivity contribution >= 4 is 32.8 Å². The summed E-state index contributed by atoms with van der Waals surface area (Å²) < 4.78 is 11.4. The van der Waals surface area contributed by atoms with Crippen LogP contribution in [0.2, 0.25) is 0 Å². The summed E-state index contributed by atoms with van der Waals surface area (Å²) in [5.41, 5.74) is 1.53. The topological polar surface area (TPSA) is 62.8 Å². The Bertz CT molecular complexity index is 735. The molecule has 0 unspecified atom stereocenters. The molecule has 8 heteroatoms. The molecule has 1 aliphatic rings. The van der Waals surface area contributed by atoms with E-state index in [2.05, 4.69) is 48.1 Å². The van der Waals surface area contributed by atoms with Crippen molar-refractivity contribution in [1.29, 1.82) is 0 Å². The number of piperazine rings is 1. The highest BCUT2D eigenvalue weighted by Gasteiger charge is 2.14. The number of likely N-dealkylation sites (N-methyl/N-ethyl adjacent to an activating group) is 1. The maximum absolute atomic E-state index is 5.35. The Morgan fingerprint density at radius 2 is 1.64 bits per heavy atom. The van der Waals surface area contributed by atoms with Gasteiger partial charge < -0.3 is 19.7 Å². The van der Waals surface area contributed by atoms with Crippen LogP contribution in [0.3, 0.4) is 0 Å². The molecule has 0 atom stereocenters. The van der Waals surface area contributed by atoms with Crippen LogP contribution in [-0.2, 0) is 0 Å². The van der Waals surface area contributed by atoms with Gasteiger partial charge >= 0.3 is 0 Å². The number of rotatable bonds is 6. The van der Waals surface area contributed by atoms with Crippen molar-refractivity contribution < 1.29 is 9.47 Å². The largest absolute Gasteiger partial charge is 0.493 e. The minimum atomic E-state index is 0.645. The van der Waals surface area contributed by atoms with Crippen molar-refractivity contribution in [2.45, 2.75) is 0 Å². The molecule has 1 N–H and O–H groups in total. The number of nitrogens with zero attached hydrogens (tertiary/aromatic N) is 4. The summed E-state index contributed by atoms with van der Waals surface area (Å²) in [6.45, 7) is 6.30. The molecular formula is C17H24BrN5O2. The second kappa shape index (κ2) is 8.16. The van der Waals surface area contributed by atoms with Crippen LogP contribution in [-0.4, -0.2) is 80.3 Å². The van der Waals surface area contributed by atoms with Gasteiger partial charge in [-0.1, -0.05) is 0 Å². The summed E-state index contributed by atoms with van der Waals surface area (Å²) in [5, 5.41) is 3.38. The highest BCUT2D eigenvalue weighted by Crippen LogP contribution is 2.32. The molecule has 1 aromatic carbocycles. The number of nitrogens with one attached hydrogen (secondary N) is 1. The number of halogens is 1. The zero-order valence-corrected chi connectivity index (χ0v) is 16.5. The molecule has 25 heavy (non-hydrogen) atoms. The second-order valence-electron chi connectivity index (χ2n) is 6.13. The Morgan fingerprint density at radius 3 is 2.24 bits per heavy atom. The number of anilines is 1. The van der Waals surface area contributed by atoms with Gasteiger partial charge in [0.2, 0.25) is 0 Å². The van der Waals surface area contributed by atoms with Crippen molar-refractivity contribution in [3.05, 3.63) is 16.7 Å². The molecule has 0 saturated carbocycles. The third-order valence-electron chi connectivity index (χ3n) is 4.44. The van der Waals surface area contributed by atoms with Gasteiger partial charge in [0.15, 0.2) is 17.3 Å². The number of hydrogen-bond acceptors (Lipinski definition) is 7. The summed E-state index contributed by atoms with van der Waals surface area (Å²) in [5.74, 6) is 2.04. The van der Waals surface area contributed by atoms with Gasteiger partial charge in [0.25, 0.3) is 0 Å². The molecule has 1 aliphatic heterocycles. The number of hydrogen-bond donors (Lipinski definition) is 1. The lowest BCUT2D eigenvalue weighted by Crippen LogP contribution is -2.45. The predicted octanol–water partition coefficient (Wildman–Crippen LogP) is 2.07. The van der Waals surface area contributed by atoms with E-state index in [1.165, 1.54) is 0 Å². The molecule has 0 spiro atoms. The predicted molar refractivity (Wildman–Crippen MR) is 103 cm³/mol. The van der Waals surface area contributed by atoms with Gasteiger partial charge in [-0.25, -0.2) is 9.97 Å². The van der Waals surface area contributed by atoms with Crippen molar-refractivity contribution in [3.63, 3.8) is 0 Å². The highest BCUT2D eigenvalue weighted by molar-refractivity contribution is 9.10. The van der Waals surface area contributed by atoms with Crippen molar-refractivity contribution in [1.82, 2.24) is 19.8 Å². The van der Waals surface area contributed by atoms with Crippen LogP contribution in [0, 0.1) is 0 Å². The normalized spacial score (nSPS) is 16.2. The minimum absolute atomic E-state index is 0.645. The Labute approximate surface area is 156 Å². The van der Waals surface area contributed by atoms with E-state index in [-0.39, 0.29) is 0 Å². The van der Waals surface area contributed by atoms with Crippen molar-refractivity contribution in [2.24, 2.45) is 0 Å². The molecule has 2 heterocycles. The number of ether oxygens (including phenoxy) is 2. The Kier molecular flexibility index (Phi) is 5.93. The summed E-state index contributed by atoms with van der Waals surface area (Å²) in [6, 6.07) is 3.68. The van der Waals surface area contributed by atoms with Crippen LogP contribution in [0.4, 0.5) is 5.82 Å². The maximum Gasteiger partial charge on any atom is 0.163 e. The molecule has 0 bridgehead atoms. The van der Waals surface area contributed by atoms with E-state index in [1.54, 1.807) is 14.2 Å². The van der Waals surface area contributed by atoms with E-state index in [0.717, 1.165) is 56.1 Å². The van der Waals surface area contributed by atoms with Crippen molar-refractivity contribution in [2.75, 3.05) is 65.9 Å². The van der Waals surface area contributed by atoms with Gasteiger partial charge in [0.1, 0.15) is 4.60 Å². The fourth-order valence-electron chi connectivity index (χ4n) is 2.88. The lowest BCUT2D eigenvalue weighted by molar-refractivity contribution is 0.158. The van der Waals surface area contributed by atoms with Crippen LogP contribution in [0.15, 0.2) is 16.7 Å². The maximum atomic E-state index is 5.35. The monoisotopic (exact) mass is 409 g/mol. The first-order chi connectivity index (χ1) is 12.1. The second-order valence-corrected chi connectivity index (χ2v) is 6.88. The van der Waals surface area contributed by atoms with Gasteiger partial charge in [-0.05, 0) is 23.0 Å². The smallest absolute Gasteiger partial charge is 0.163 e. The van der Waals surface area contributed by atoms with Gasteiger partial charge in [-0.3, -0.25) is 4.90 Å². The molecular weight excluding hydrogens is 386 g/mol. The van der Waals surface area contributed by atoms with E-state index in [4.69, 9.17) is 9.47 Å². The lowest BCUT2D eigenvalue weighted by Gasteiger charge is -2.32. The van der Waals surface area contributed by atoms with Crippen LogP contribution >= 0.6 is 15.9 Å². The Morgan fingerprint density at radius 1 is 1.04 bits per heavy atom. The molecule has 136 valence electrons. The first-order valence-corrected chi connectivity index (χ1v) is 9.14. The summed E-state index contributed by atoms with van der Waals surface area (Å²) in [7, 11) is 5.40. The first-order valence-electron chi connectivity index (χ1n) is 8.34. The molecule has 1 aromatic heterocycles. The molecule has 0 amide bonds. The first kappa shape index (κ1) is 18.2. The standard InChI is InChI=1S/C17H24BrN5O2/c1-22-6-8-23(9-7-22)5-4-19-17-16(18)20-12-10-14(24-2)15(25-3)11-13(12)21-17/h10-11H,4-9H2,1-3H3,(H,19,21). The number of fused-ring (bicyclic) bond motifs is 1. The molecule has 1 fully saturated rings. The van der Waals surface area contributed by atoms with Crippen LogP contribution in [0.1, 0.15) is 0 Å². The lowest BCUT2D eigenvalue weighted by atomic mass is 10.2. The summed E-state index contributed by atoms with van der Waals surface area (Å²) >= 11 is 3.51. The van der Waals surface area contributed by atoms with Gasteiger partial charge in [-0.2, -0.15) is 0 Å². The molecule has 0 aliphatic carbocycles. The number of methoxy groups -OCH3 is 2. The van der Waals surface area contributed by atoms with Gasteiger partial charge in [-0.15, -0.1) is 0 Å². The zero-order chi connectivity index (χ0) is 17.8. The van der Waals surface area contributed by atoms with Crippen LogP contribution in [0.25, 0.3) is 11.0 Å². The highest BCUT2D eigenvalue weighted by atomic mass is 79.9. The van der Waals surface area contributed by atoms with Gasteiger partial charge in [0.05, 0.1) is 25.3 Å². The fourth-order valence-corrected chi connectivity index (χ4v) is 3.30. The number of benzene rings is 1. The van der Waals surface area contributed by atoms with E-state index in [1.807, 2.05) is 12.1 Å². The molecule has 3 rings (SSSR count). The third-order valence-corrected chi connectivity index (χ3v) is 5.00.